The number of carbonyl (C=O) groups is 1. The number of aromatic carboxylic acids is 1. The minimum atomic E-state index is -1.23. The lowest BCUT2D eigenvalue weighted by Gasteiger charge is -2.10. The maximum atomic E-state index is 13.8. The Morgan fingerprint density at radius 2 is 2.10 bits per heavy atom. The molecule has 0 aliphatic heterocycles. The van der Waals surface area contributed by atoms with E-state index in [1.807, 2.05) is 13.0 Å². The summed E-state index contributed by atoms with van der Waals surface area (Å²) in [5.74, 6) is -1.64. The molecule has 2 aromatic rings. The highest BCUT2D eigenvalue weighted by Crippen LogP contribution is 2.29. The van der Waals surface area contributed by atoms with Crippen LogP contribution >= 0.6 is 0 Å². The number of hydrogen-bond donors (Lipinski definition) is 2. The van der Waals surface area contributed by atoms with Gasteiger partial charge in [-0.15, -0.1) is 0 Å². The molecule has 104 valence electrons. The number of carboxylic acid groups (broad SMARTS) is 1. The summed E-state index contributed by atoms with van der Waals surface area (Å²) < 4.78 is 19.2. The molecule has 0 bridgehead atoms. The van der Waals surface area contributed by atoms with Crippen molar-refractivity contribution in [2.75, 3.05) is 5.73 Å². The van der Waals surface area contributed by atoms with E-state index in [0.717, 1.165) is 24.1 Å². The Hall–Kier alpha value is -2.56. The molecule has 20 heavy (non-hydrogen) atoms. The van der Waals surface area contributed by atoms with Gasteiger partial charge in [0, 0.05) is 17.8 Å². The highest BCUT2D eigenvalue weighted by atomic mass is 19.1. The van der Waals surface area contributed by atoms with Gasteiger partial charge < -0.3 is 15.6 Å². The molecule has 0 unspecified atom stereocenters. The quantitative estimate of drug-likeness (QED) is 0.838. The lowest BCUT2D eigenvalue weighted by atomic mass is 10.1. The molecule has 0 radical (unpaired) electrons. The normalized spacial score (nSPS) is 10.3. The highest BCUT2D eigenvalue weighted by molar-refractivity contribution is 5.94. The van der Waals surface area contributed by atoms with Crippen molar-refractivity contribution in [2.24, 2.45) is 0 Å². The Labute approximate surface area is 115 Å². The standard InChI is InChI=1S/C15H14FNO3/c1-2-9-4-3-5-10(6-9)20-14-7-11(15(18)19)13(17)8-12(14)16/h3-8H,2,17H2,1H3,(H,18,19). The third kappa shape index (κ3) is 2.88. The Balaban J connectivity index is 2.37. The number of nitrogens with two attached hydrogens (primary N) is 1. The highest BCUT2D eigenvalue weighted by Gasteiger charge is 2.14. The van der Waals surface area contributed by atoms with Crippen molar-refractivity contribution in [3.8, 4) is 11.5 Å². The molecule has 5 heteroatoms. The molecule has 0 saturated carbocycles. The SMILES string of the molecule is CCc1cccc(Oc2cc(C(=O)O)c(N)cc2F)c1. The monoisotopic (exact) mass is 275 g/mol. The fourth-order valence-corrected chi connectivity index (χ4v) is 1.79. The van der Waals surface area contributed by atoms with Crippen LogP contribution in [-0.2, 0) is 6.42 Å². The first-order valence-corrected chi connectivity index (χ1v) is 6.10. The first-order valence-electron chi connectivity index (χ1n) is 6.10. The topological polar surface area (TPSA) is 72.5 Å². The largest absolute Gasteiger partial charge is 0.478 e. The second-order valence-corrected chi connectivity index (χ2v) is 4.28. The zero-order chi connectivity index (χ0) is 14.7. The van der Waals surface area contributed by atoms with Crippen LogP contribution in [0.5, 0.6) is 11.5 Å². The number of benzene rings is 2. The van der Waals surface area contributed by atoms with Crippen LogP contribution < -0.4 is 10.5 Å². The molecule has 0 aliphatic rings. The zero-order valence-electron chi connectivity index (χ0n) is 10.9. The Bertz CT molecular complexity index is 656. The predicted octanol–water partition coefficient (Wildman–Crippen LogP) is 3.46. The van der Waals surface area contributed by atoms with E-state index in [-0.39, 0.29) is 17.0 Å². The number of hydrogen-bond acceptors (Lipinski definition) is 3. The summed E-state index contributed by atoms with van der Waals surface area (Å²) in [5.41, 5.74) is 6.17. The number of rotatable bonds is 4. The predicted molar refractivity (Wildman–Crippen MR) is 73.7 cm³/mol. The molecule has 0 atom stereocenters. The second kappa shape index (κ2) is 5.61. The smallest absolute Gasteiger partial charge is 0.337 e. The van der Waals surface area contributed by atoms with Crippen molar-refractivity contribution in [2.45, 2.75) is 13.3 Å². The Kier molecular flexibility index (Phi) is 3.89. The van der Waals surface area contributed by atoms with E-state index in [4.69, 9.17) is 15.6 Å². The van der Waals surface area contributed by atoms with Gasteiger partial charge >= 0.3 is 5.97 Å². The molecule has 0 heterocycles. The van der Waals surface area contributed by atoms with Gasteiger partial charge in [0.1, 0.15) is 5.75 Å². The second-order valence-electron chi connectivity index (χ2n) is 4.28. The Morgan fingerprint density at radius 1 is 1.35 bits per heavy atom. The van der Waals surface area contributed by atoms with Gasteiger partial charge in [-0.2, -0.15) is 0 Å². The fraction of sp³-hybridized carbons (Fsp3) is 0.133. The number of anilines is 1. The number of aryl methyl sites for hydroxylation is 1. The van der Waals surface area contributed by atoms with E-state index in [0.29, 0.717) is 5.75 Å². The average molecular weight is 275 g/mol. The minimum absolute atomic E-state index is 0.135. The summed E-state index contributed by atoms with van der Waals surface area (Å²) in [6, 6.07) is 9.20. The van der Waals surface area contributed by atoms with Gasteiger partial charge in [-0.3, -0.25) is 0 Å². The molecular formula is C15H14FNO3. The number of halogens is 1. The third-order valence-corrected chi connectivity index (χ3v) is 2.87. The van der Waals surface area contributed by atoms with E-state index in [2.05, 4.69) is 0 Å². The van der Waals surface area contributed by atoms with Crippen LogP contribution in [0.2, 0.25) is 0 Å². The van der Waals surface area contributed by atoms with Crippen LogP contribution in [0.15, 0.2) is 36.4 Å². The van der Waals surface area contributed by atoms with Gasteiger partial charge in [-0.05, 0) is 24.1 Å². The molecule has 0 saturated heterocycles. The van der Waals surface area contributed by atoms with E-state index in [9.17, 15) is 9.18 Å². The molecule has 0 fully saturated rings. The third-order valence-electron chi connectivity index (χ3n) is 2.87. The van der Waals surface area contributed by atoms with Crippen molar-refractivity contribution in [1.82, 2.24) is 0 Å². The summed E-state index contributed by atoms with van der Waals surface area (Å²) in [4.78, 5) is 11.0. The molecule has 0 spiro atoms. The van der Waals surface area contributed by atoms with Crippen molar-refractivity contribution >= 4 is 11.7 Å². The van der Waals surface area contributed by atoms with Crippen LogP contribution in [0.1, 0.15) is 22.8 Å². The summed E-state index contributed by atoms with van der Waals surface area (Å²) in [5, 5.41) is 8.97. The summed E-state index contributed by atoms with van der Waals surface area (Å²) in [6.45, 7) is 1.99. The summed E-state index contributed by atoms with van der Waals surface area (Å²) >= 11 is 0. The summed E-state index contributed by atoms with van der Waals surface area (Å²) in [7, 11) is 0. The summed E-state index contributed by atoms with van der Waals surface area (Å²) in [6.07, 6.45) is 0.821. The van der Waals surface area contributed by atoms with E-state index in [1.165, 1.54) is 0 Å². The maximum absolute atomic E-state index is 13.8. The van der Waals surface area contributed by atoms with Gasteiger partial charge in [0.2, 0.25) is 0 Å². The zero-order valence-corrected chi connectivity index (χ0v) is 10.9. The van der Waals surface area contributed by atoms with Gasteiger partial charge in [0.05, 0.1) is 5.56 Å². The van der Waals surface area contributed by atoms with Crippen molar-refractivity contribution in [3.63, 3.8) is 0 Å². The first-order chi connectivity index (χ1) is 9.51. The molecule has 4 nitrogen and oxygen atoms in total. The lowest BCUT2D eigenvalue weighted by molar-refractivity contribution is 0.0697. The number of nitrogen functional groups attached to an aromatic ring is 1. The van der Waals surface area contributed by atoms with Gasteiger partial charge in [0.25, 0.3) is 0 Å². The molecular weight excluding hydrogens is 261 g/mol. The maximum Gasteiger partial charge on any atom is 0.337 e. The number of carboxylic acids is 1. The lowest BCUT2D eigenvalue weighted by Crippen LogP contribution is -2.04. The fourth-order valence-electron chi connectivity index (χ4n) is 1.79. The van der Waals surface area contributed by atoms with Crippen LogP contribution in [-0.4, -0.2) is 11.1 Å². The van der Waals surface area contributed by atoms with Gasteiger partial charge in [-0.1, -0.05) is 19.1 Å². The molecule has 2 aromatic carbocycles. The van der Waals surface area contributed by atoms with Crippen LogP contribution in [0.4, 0.5) is 10.1 Å². The van der Waals surface area contributed by atoms with E-state index in [1.54, 1.807) is 18.2 Å². The molecule has 0 aromatic heterocycles. The molecule has 0 amide bonds. The van der Waals surface area contributed by atoms with Gasteiger partial charge in [-0.25, -0.2) is 9.18 Å². The first kappa shape index (κ1) is 13.9. The van der Waals surface area contributed by atoms with Crippen LogP contribution in [0.3, 0.4) is 0 Å². The number of ether oxygens (including phenoxy) is 1. The average Bonchev–Trinajstić information content (AvgIpc) is 2.41. The molecule has 2 rings (SSSR count). The van der Waals surface area contributed by atoms with E-state index < -0.39 is 11.8 Å². The minimum Gasteiger partial charge on any atom is -0.478 e. The molecule has 0 aliphatic carbocycles. The van der Waals surface area contributed by atoms with Crippen molar-refractivity contribution < 1.29 is 19.0 Å². The van der Waals surface area contributed by atoms with Crippen LogP contribution in [0.25, 0.3) is 0 Å². The Morgan fingerprint density at radius 3 is 2.75 bits per heavy atom. The van der Waals surface area contributed by atoms with Crippen molar-refractivity contribution in [3.05, 3.63) is 53.3 Å². The molecule has 3 N–H and O–H groups in total. The van der Waals surface area contributed by atoms with Gasteiger partial charge in [0.15, 0.2) is 11.6 Å². The van der Waals surface area contributed by atoms with Crippen LogP contribution in [0, 0.1) is 5.82 Å². The van der Waals surface area contributed by atoms with Crippen molar-refractivity contribution in [1.29, 1.82) is 0 Å². The van der Waals surface area contributed by atoms with E-state index >= 15 is 0 Å².